The van der Waals surface area contributed by atoms with Gasteiger partial charge in [-0.2, -0.15) is 0 Å². The van der Waals surface area contributed by atoms with E-state index in [1.54, 1.807) is 0 Å². The SMILES string of the molecule is CCOCC(O)Cc1ccc(Cl)c(C)c1. The van der Waals surface area contributed by atoms with Crippen molar-refractivity contribution in [1.29, 1.82) is 0 Å². The normalized spacial score (nSPS) is 12.8. The van der Waals surface area contributed by atoms with Crippen LogP contribution in [0.4, 0.5) is 0 Å². The van der Waals surface area contributed by atoms with Crippen LogP contribution in [0.2, 0.25) is 5.02 Å². The molecule has 0 fully saturated rings. The van der Waals surface area contributed by atoms with Gasteiger partial charge in [0.05, 0.1) is 12.7 Å². The highest BCUT2D eigenvalue weighted by Gasteiger charge is 2.06. The molecule has 15 heavy (non-hydrogen) atoms. The molecular formula is C12H17ClO2. The molecule has 0 aromatic heterocycles. The first-order chi connectivity index (χ1) is 7.13. The Kier molecular flexibility index (Phi) is 5.09. The fourth-order valence-corrected chi connectivity index (χ4v) is 1.54. The monoisotopic (exact) mass is 228 g/mol. The molecule has 1 atom stereocenters. The van der Waals surface area contributed by atoms with Gasteiger partial charge in [-0.05, 0) is 31.0 Å². The molecule has 0 bridgehead atoms. The number of halogens is 1. The average molecular weight is 229 g/mol. The van der Waals surface area contributed by atoms with Gasteiger partial charge in [0, 0.05) is 18.1 Å². The van der Waals surface area contributed by atoms with Gasteiger partial charge in [-0.3, -0.25) is 0 Å². The summed E-state index contributed by atoms with van der Waals surface area (Å²) in [7, 11) is 0. The van der Waals surface area contributed by atoms with Gasteiger partial charge >= 0.3 is 0 Å². The number of hydrogen-bond donors (Lipinski definition) is 1. The second kappa shape index (κ2) is 6.11. The molecule has 0 saturated carbocycles. The summed E-state index contributed by atoms with van der Waals surface area (Å²) in [6.07, 6.45) is 0.170. The largest absolute Gasteiger partial charge is 0.390 e. The average Bonchev–Trinajstić information content (AvgIpc) is 2.20. The van der Waals surface area contributed by atoms with Crippen molar-refractivity contribution in [2.45, 2.75) is 26.4 Å². The highest BCUT2D eigenvalue weighted by Crippen LogP contribution is 2.17. The molecular weight excluding hydrogens is 212 g/mol. The molecule has 0 radical (unpaired) electrons. The Morgan fingerprint density at radius 2 is 2.20 bits per heavy atom. The third kappa shape index (κ3) is 4.20. The first-order valence-electron chi connectivity index (χ1n) is 5.14. The molecule has 0 spiro atoms. The minimum absolute atomic E-state index is 0.387. The molecule has 1 unspecified atom stereocenters. The van der Waals surface area contributed by atoms with Gasteiger partial charge in [0.2, 0.25) is 0 Å². The molecule has 1 aromatic rings. The molecule has 1 rings (SSSR count). The van der Waals surface area contributed by atoms with Gasteiger partial charge in [-0.1, -0.05) is 23.7 Å². The highest BCUT2D eigenvalue weighted by atomic mass is 35.5. The summed E-state index contributed by atoms with van der Waals surface area (Å²) in [6, 6.07) is 5.79. The first kappa shape index (κ1) is 12.5. The van der Waals surface area contributed by atoms with Crippen LogP contribution in [0.3, 0.4) is 0 Å². The highest BCUT2D eigenvalue weighted by molar-refractivity contribution is 6.31. The van der Waals surface area contributed by atoms with Gasteiger partial charge in [0.1, 0.15) is 0 Å². The Balaban J connectivity index is 2.53. The van der Waals surface area contributed by atoms with E-state index >= 15 is 0 Å². The lowest BCUT2D eigenvalue weighted by atomic mass is 10.1. The Labute approximate surface area is 95.8 Å². The van der Waals surface area contributed by atoms with Gasteiger partial charge in [-0.25, -0.2) is 0 Å². The van der Waals surface area contributed by atoms with E-state index in [0.717, 1.165) is 16.1 Å². The lowest BCUT2D eigenvalue weighted by Gasteiger charge is -2.11. The number of rotatable bonds is 5. The standard InChI is InChI=1S/C12H17ClO2/c1-3-15-8-11(14)7-10-4-5-12(13)9(2)6-10/h4-6,11,14H,3,7-8H2,1-2H3. The molecule has 0 aliphatic rings. The Morgan fingerprint density at radius 3 is 2.80 bits per heavy atom. The smallest absolute Gasteiger partial charge is 0.0813 e. The molecule has 1 aromatic carbocycles. The Bertz CT molecular complexity index is 312. The predicted octanol–water partition coefficient (Wildman–Crippen LogP) is 2.59. The molecule has 0 aliphatic carbocycles. The van der Waals surface area contributed by atoms with Crippen LogP contribution in [0.5, 0.6) is 0 Å². The van der Waals surface area contributed by atoms with E-state index in [2.05, 4.69) is 0 Å². The fourth-order valence-electron chi connectivity index (χ4n) is 1.42. The van der Waals surface area contributed by atoms with E-state index in [0.29, 0.717) is 19.6 Å². The maximum absolute atomic E-state index is 9.64. The van der Waals surface area contributed by atoms with Crippen LogP contribution in [-0.4, -0.2) is 24.4 Å². The summed E-state index contributed by atoms with van der Waals surface area (Å²) in [5.74, 6) is 0. The molecule has 3 heteroatoms. The zero-order chi connectivity index (χ0) is 11.3. The van der Waals surface area contributed by atoms with E-state index in [-0.39, 0.29) is 0 Å². The number of hydrogen-bond acceptors (Lipinski definition) is 2. The van der Waals surface area contributed by atoms with E-state index in [1.165, 1.54) is 0 Å². The summed E-state index contributed by atoms with van der Waals surface area (Å²) in [4.78, 5) is 0. The number of ether oxygens (including phenoxy) is 1. The van der Waals surface area contributed by atoms with Crippen LogP contribution in [-0.2, 0) is 11.2 Å². The summed E-state index contributed by atoms with van der Waals surface area (Å²) in [5.41, 5.74) is 2.13. The first-order valence-corrected chi connectivity index (χ1v) is 5.52. The van der Waals surface area contributed by atoms with E-state index in [1.807, 2.05) is 32.0 Å². The zero-order valence-electron chi connectivity index (χ0n) is 9.16. The van der Waals surface area contributed by atoms with Gasteiger partial charge in [0.15, 0.2) is 0 Å². The second-order valence-corrected chi connectivity index (χ2v) is 4.01. The fraction of sp³-hybridized carbons (Fsp3) is 0.500. The minimum atomic E-state index is -0.439. The molecule has 0 heterocycles. The van der Waals surface area contributed by atoms with Crippen molar-refractivity contribution in [2.75, 3.05) is 13.2 Å². The van der Waals surface area contributed by atoms with E-state index < -0.39 is 6.10 Å². The van der Waals surface area contributed by atoms with Crippen molar-refractivity contribution in [3.63, 3.8) is 0 Å². The third-order valence-electron chi connectivity index (χ3n) is 2.21. The van der Waals surface area contributed by atoms with Crippen molar-refractivity contribution in [1.82, 2.24) is 0 Å². The van der Waals surface area contributed by atoms with E-state index in [9.17, 15) is 5.11 Å². The molecule has 84 valence electrons. The lowest BCUT2D eigenvalue weighted by Crippen LogP contribution is -2.18. The second-order valence-electron chi connectivity index (χ2n) is 3.60. The number of aliphatic hydroxyl groups excluding tert-OH is 1. The number of aliphatic hydroxyl groups is 1. The molecule has 0 saturated heterocycles. The summed E-state index contributed by atoms with van der Waals surface area (Å²) in [5, 5.41) is 10.4. The summed E-state index contributed by atoms with van der Waals surface area (Å²) < 4.78 is 5.15. The molecule has 0 aliphatic heterocycles. The van der Waals surface area contributed by atoms with Crippen LogP contribution in [0.1, 0.15) is 18.1 Å². The topological polar surface area (TPSA) is 29.5 Å². The van der Waals surface area contributed by atoms with Crippen LogP contribution in [0, 0.1) is 6.92 Å². The maximum Gasteiger partial charge on any atom is 0.0813 e. The van der Waals surface area contributed by atoms with Crippen molar-refractivity contribution in [3.8, 4) is 0 Å². The quantitative estimate of drug-likeness (QED) is 0.840. The van der Waals surface area contributed by atoms with Crippen molar-refractivity contribution in [3.05, 3.63) is 34.3 Å². The van der Waals surface area contributed by atoms with Crippen molar-refractivity contribution in [2.24, 2.45) is 0 Å². The summed E-state index contributed by atoms with van der Waals surface area (Å²) >= 11 is 5.91. The number of benzene rings is 1. The third-order valence-corrected chi connectivity index (χ3v) is 2.63. The van der Waals surface area contributed by atoms with Crippen molar-refractivity contribution < 1.29 is 9.84 Å². The van der Waals surface area contributed by atoms with Crippen LogP contribution in [0.25, 0.3) is 0 Å². The molecule has 1 N–H and O–H groups in total. The summed E-state index contributed by atoms with van der Waals surface area (Å²) in [6.45, 7) is 4.90. The van der Waals surface area contributed by atoms with Crippen molar-refractivity contribution >= 4 is 11.6 Å². The maximum atomic E-state index is 9.64. The van der Waals surface area contributed by atoms with Gasteiger partial charge in [0.25, 0.3) is 0 Å². The van der Waals surface area contributed by atoms with Crippen LogP contribution >= 0.6 is 11.6 Å². The number of aryl methyl sites for hydroxylation is 1. The Morgan fingerprint density at radius 1 is 1.47 bits per heavy atom. The van der Waals surface area contributed by atoms with Gasteiger partial charge < -0.3 is 9.84 Å². The van der Waals surface area contributed by atoms with Gasteiger partial charge in [-0.15, -0.1) is 0 Å². The Hall–Kier alpha value is -0.570. The molecule has 2 nitrogen and oxygen atoms in total. The zero-order valence-corrected chi connectivity index (χ0v) is 9.92. The van der Waals surface area contributed by atoms with Crippen LogP contribution in [0.15, 0.2) is 18.2 Å². The molecule has 0 amide bonds. The van der Waals surface area contributed by atoms with Crippen LogP contribution < -0.4 is 0 Å². The lowest BCUT2D eigenvalue weighted by molar-refractivity contribution is 0.0430. The van der Waals surface area contributed by atoms with E-state index in [4.69, 9.17) is 16.3 Å². The predicted molar refractivity (Wildman–Crippen MR) is 62.4 cm³/mol. The minimum Gasteiger partial charge on any atom is -0.390 e.